The molecule has 27 heavy (non-hydrogen) atoms. The molecule has 2 heterocycles. The molecular weight excluding hydrogens is 383 g/mol. The molecule has 6 nitrogen and oxygen atoms in total. The van der Waals surface area contributed by atoms with Crippen molar-refractivity contribution in [3.63, 3.8) is 0 Å². The molecule has 0 aliphatic carbocycles. The van der Waals surface area contributed by atoms with Gasteiger partial charge in [0.2, 0.25) is 0 Å². The summed E-state index contributed by atoms with van der Waals surface area (Å²) in [7, 11) is 0. The Hall–Kier alpha value is -2.62. The smallest absolute Gasteiger partial charge is 0.444 e. The van der Waals surface area contributed by atoms with Crippen molar-refractivity contribution in [2.24, 2.45) is 0 Å². The van der Waals surface area contributed by atoms with Crippen LogP contribution in [0.1, 0.15) is 39.1 Å². The van der Waals surface area contributed by atoms with Crippen molar-refractivity contribution >= 4 is 34.2 Å². The first-order valence-electron chi connectivity index (χ1n) is 7.77. The zero-order valence-electron chi connectivity index (χ0n) is 15.0. The van der Waals surface area contributed by atoms with Gasteiger partial charge in [-0.05, 0) is 51.5 Å². The van der Waals surface area contributed by atoms with Crippen molar-refractivity contribution in [2.75, 3.05) is 5.32 Å². The third-order valence-electron chi connectivity index (χ3n) is 2.87. The monoisotopic (exact) mass is 401 g/mol. The number of ether oxygens (including phenoxy) is 2. The number of hydrogen-bond donors (Lipinski definition) is 1. The maximum Gasteiger partial charge on any atom is 0.573 e. The number of alkyl halides is 3. The standard InChI is InChI=1S/C17H18F3N3O3S/c1-10(7-11-5-6-12(8-21-11)25-17(18,19)20)13-9-27-14(22-13)23-15(24)26-16(2,3)4/h5-9H,1-4H3,(H,22,23,24)/b10-7+. The van der Waals surface area contributed by atoms with Gasteiger partial charge in [0.25, 0.3) is 0 Å². The van der Waals surface area contributed by atoms with E-state index in [4.69, 9.17) is 4.74 Å². The highest BCUT2D eigenvalue weighted by atomic mass is 32.1. The molecule has 2 rings (SSSR count). The molecule has 2 aromatic heterocycles. The molecule has 146 valence electrons. The Labute approximate surface area is 158 Å². The van der Waals surface area contributed by atoms with Gasteiger partial charge in [-0.3, -0.25) is 10.3 Å². The van der Waals surface area contributed by atoms with E-state index in [-0.39, 0.29) is 0 Å². The molecule has 0 saturated carbocycles. The quantitative estimate of drug-likeness (QED) is 0.748. The summed E-state index contributed by atoms with van der Waals surface area (Å²) in [6.45, 7) is 7.04. The number of carbonyl (C=O) groups excluding carboxylic acids is 1. The minimum atomic E-state index is -4.76. The van der Waals surface area contributed by atoms with E-state index in [9.17, 15) is 18.0 Å². The number of nitrogens with zero attached hydrogens (tertiary/aromatic N) is 2. The first-order valence-corrected chi connectivity index (χ1v) is 8.65. The van der Waals surface area contributed by atoms with Crippen LogP contribution in [-0.2, 0) is 4.74 Å². The highest BCUT2D eigenvalue weighted by molar-refractivity contribution is 7.14. The number of thiazole rings is 1. The summed E-state index contributed by atoms with van der Waals surface area (Å²) >= 11 is 1.22. The van der Waals surface area contributed by atoms with Crippen molar-refractivity contribution in [3.8, 4) is 5.75 Å². The van der Waals surface area contributed by atoms with Crippen molar-refractivity contribution in [2.45, 2.75) is 39.7 Å². The van der Waals surface area contributed by atoms with Gasteiger partial charge in [0.1, 0.15) is 11.4 Å². The average molecular weight is 401 g/mol. The Morgan fingerprint density at radius 1 is 1.26 bits per heavy atom. The zero-order valence-corrected chi connectivity index (χ0v) is 15.9. The fourth-order valence-corrected chi connectivity index (χ4v) is 2.63. The molecule has 0 atom stereocenters. The third-order valence-corrected chi connectivity index (χ3v) is 3.63. The van der Waals surface area contributed by atoms with Gasteiger partial charge < -0.3 is 9.47 Å². The summed E-state index contributed by atoms with van der Waals surface area (Å²) in [5.41, 5.74) is 1.15. The van der Waals surface area contributed by atoms with E-state index in [0.717, 1.165) is 11.8 Å². The highest BCUT2D eigenvalue weighted by Crippen LogP contribution is 2.25. The number of hydrogen-bond acceptors (Lipinski definition) is 6. The summed E-state index contributed by atoms with van der Waals surface area (Å²) in [5.74, 6) is -0.394. The third kappa shape index (κ3) is 7.26. The van der Waals surface area contributed by atoms with Gasteiger partial charge in [0.05, 0.1) is 17.6 Å². The molecule has 10 heteroatoms. The van der Waals surface area contributed by atoms with Crippen molar-refractivity contribution in [1.82, 2.24) is 9.97 Å². The normalized spacial score (nSPS) is 12.6. The van der Waals surface area contributed by atoms with Crippen LogP contribution in [0.25, 0.3) is 11.6 Å². The number of allylic oxidation sites excluding steroid dienone is 1. The minimum Gasteiger partial charge on any atom is -0.444 e. The van der Waals surface area contributed by atoms with E-state index in [1.165, 1.54) is 23.5 Å². The number of halogens is 3. The number of nitrogens with one attached hydrogen (secondary N) is 1. The Balaban J connectivity index is 2.04. The Kier molecular flexibility index (Phi) is 6.09. The maximum atomic E-state index is 12.1. The van der Waals surface area contributed by atoms with Crippen LogP contribution in [-0.4, -0.2) is 28.0 Å². The van der Waals surface area contributed by atoms with E-state index < -0.39 is 23.8 Å². The number of aromatic nitrogens is 2. The Morgan fingerprint density at radius 3 is 2.52 bits per heavy atom. The number of anilines is 1. The highest BCUT2D eigenvalue weighted by Gasteiger charge is 2.31. The zero-order chi connectivity index (χ0) is 20.2. The summed E-state index contributed by atoms with van der Waals surface area (Å²) < 4.78 is 45.4. The fourth-order valence-electron chi connectivity index (χ4n) is 1.87. The van der Waals surface area contributed by atoms with Gasteiger partial charge in [0, 0.05) is 5.38 Å². The summed E-state index contributed by atoms with van der Waals surface area (Å²) in [5, 5.41) is 4.65. The second-order valence-corrected chi connectivity index (χ2v) is 7.32. The lowest BCUT2D eigenvalue weighted by Gasteiger charge is -2.18. The number of rotatable bonds is 4. The molecule has 0 bridgehead atoms. The molecule has 0 radical (unpaired) electrons. The Morgan fingerprint density at radius 2 is 1.96 bits per heavy atom. The van der Waals surface area contributed by atoms with Gasteiger partial charge >= 0.3 is 12.5 Å². The summed E-state index contributed by atoms with van der Waals surface area (Å²) in [6, 6.07) is 2.58. The molecule has 0 aliphatic heterocycles. The predicted molar refractivity (Wildman–Crippen MR) is 96.4 cm³/mol. The number of carbonyl (C=O) groups is 1. The topological polar surface area (TPSA) is 73.3 Å². The van der Waals surface area contributed by atoms with Crippen molar-refractivity contribution in [3.05, 3.63) is 35.1 Å². The summed E-state index contributed by atoms with van der Waals surface area (Å²) in [6.07, 6.45) is -2.72. The first kappa shape index (κ1) is 20.7. The molecule has 0 aromatic carbocycles. The van der Waals surface area contributed by atoms with Crippen molar-refractivity contribution < 1.29 is 27.4 Å². The van der Waals surface area contributed by atoms with Crippen LogP contribution in [0.5, 0.6) is 5.75 Å². The molecule has 2 aromatic rings. The molecule has 0 saturated heterocycles. The second-order valence-electron chi connectivity index (χ2n) is 6.46. The Bertz CT molecular complexity index is 824. The van der Waals surface area contributed by atoms with Crippen LogP contribution in [0.15, 0.2) is 23.7 Å². The van der Waals surface area contributed by atoms with E-state index in [1.807, 2.05) is 0 Å². The van der Waals surface area contributed by atoms with Crippen LogP contribution in [0.3, 0.4) is 0 Å². The fraction of sp³-hybridized carbons (Fsp3) is 0.353. The predicted octanol–water partition coefficient (Wildman–Crippen LogP) is 5.34. The summed E-state index contributed by atoms with van der Waals surface area (Å²) in [4.78, 5) is 19.9. The average Bonchev–Trinajstić information content (AvgIpc) is 2.94. The van der Waals surface area contributed by atoms with Gasteiger partial charge in [-0.25, -0.2) is 9.78 Å². The molecule has 0 unspecified atom stereocenters. The van der Waals surface area contributed by atoms with Crippen LogP contribution in [0.2, 0.25) is 0 Å². The van der Waals surface area contributed by atoms with Gasteiger partial charge in [-0.1, -0.05) is 0 Å². The maximum absolute atomic E-state index is 12.1. The number of pyridine rings is 1. The van der Waals surface area contributed by atoms with E-state index in [0.29, 0.717) is 16.5 Å². The van der Waals surface area contributed by atoms with E-state index >= 15 is 0 Å². The molecule has 0 fully saturated rings. The van der Waals surface area contributed by atoms with Crippen LogP contribution >= 0.6 is 11.3 Å². The lowest BCUT2D eigenvalue weighted by atomic mass is 10.2. The SMILES string of the molecule is C/C(=C\c1ccc(OC(F)(F)F)cn1)c1csc(NC(=O)OC(C)(C)C)n1. The van der Waals surface area contributed by atoms with E-state index in [2.05, 4.69) is 20.0 Å². The van der Waals surface area contributed by atoms with Gasteiger partial charge in [0.15, 0.2) is 5.13 Å². The largest absolute Gasteiger partial charge is 0.573 e. The van der Waals surface area contributed by atoms with Gasteiger partial charge in [-0.15, -0.1) is 24.5 Å². The molecule has 1 amide bonds. The molecule has 0 spiro atoms. The first-order chi connectivity index (χ1) is 12.4. The van der Waals surface area contributed by atoms with Crippen LogP contribution in [0, 0.1) is 0 Å². The van der Waals surface area contributed by atoms with Crippen molar-refractivity contribution in [1.29, 1.82) is 0 Å². The minimum absolute atomic E-state index is 0.369. The van der Waals surface area contributed by atoms with Gasteiger partial charge in [-0.2, -0.15) is 0 Å². The lowest BCUT2D eigenvalue weighted by molar-refractivity contribution is -0.274. The molecule has 1 N–H and O–H groups in total. The molecular formula is C17H18F3N3O3S. The lowest BCUT2D eigenvalue weighted by Crippen LogP contribution is -2.27. The molecule has 0 aliphatic rings. The second kappa shape index (κ2) is 7.95. The van der Waals surface area contributed by atoms with Crippen LogP contribution < -0.4 is 10.1 Å². The number of amides is 1. The van der Waals surface area contributed by atoms with E-state index in [1.54, 1.807) is 39.2 Å². The van der Waals surface area contributed by atoms with Crippen LogP contribution in [0.4, 0.5) is 23.1 Å².